The van der Waals surface area contributed by atoms with E-state index in [1.54, 1.807) is 26.4 Å². The van der Waals surface area contributed by atoms with E-state index >= 15 is 0 Å². The van der Waals surface area contributed by atoms with Crippen LogP contribution in [0.2, 0.25) is 0 Å². The molecule has 1 saturated heterocycles. The molecule has 0 radical (unpaired) electrons. The monoisotopic (exact) mass is 442 g/mol. The number of benzene rings is 1. The van der Waals surface area contributed by atoms with Crippen LogP contribution in [0.1, 0.15) is 34.1 Å². The number of rotatable bonds is 6. The number of methoxy groups -OCH3 is 1. The first kappa shape index (κ1) is 23.1. The van der Waals surface area contributed by atoms with Crippen molar-refractivity contribution in [2.45, 2.75) is 33.7 Å². The maximum Gasteiger partial charge on any atom is 0.238 e. The Bertz CT molecular complexity index is 975. The predicted molar refractivity (Wildman–Crippen MR) is 126 cm³/mol. The topological polar surface area (TPSA) is 74.8 Å². The molecule has 7 nitrogen and oxygen atoms in total. The van der Waals surface area contributed by atoms with E-state index in [2.05, 4.69) is 47.4 Å². The molecule has 0 spiro atoms. The second-order valence-corrected chi connectivity index (χ2v) is 8.68. The first-order chi connectivity index (χ1) is 14.7. The molecule has 0 aliphatic carbocycles. The molecule has 0 bridgehead atoms. The SMILES string of the molecule is COc1nc(C)c(C(C)=O)cc1NN1CCN(c2cc(C)cc(C)c2)CC1C(=O)SC. The molecule has 3 rings (SSSR count). The smallest absolute Gasteiger partial charge is 0.238 e. The molecule has 1 aromatic carbocycles. The first-order valence-electron chi connectivity index (χ1n) is 10.2. The lowest BCUT2D eigenvalue weighted by Crippen LogP contribution is -2.58. The number of ether oxygens (including phenoxy) is 1. The second-order valence-electron chi connectivity index (χ2n) is 7.87. The van der Waals surface area contributed by atoms with Crippen LogP contribution in [0.5, 0.6) is 5.88 Å². The summed E-state index contributed by atoms with van der Waals surface area (Å²) in [7, 11) is 1.54. The molecule has 1 aliphatic rings. The summed E-state index contributed by atoms with van der Waals surface area (Å²) in [6, 6.07) is 7.84. The molecule has 1 atom stereocenters. The van der Waals surface area contributed by atoms with Crippen LogP contribution in [0, 0.1) is 20.8 Å². The number of Topliss-reactive ketones (excluding diaryl/α,β-unsaturated/α-hetero) is 1. The van der Waals surface area contributed by atoms with Gasteiger partial charge in [0.25, 0.3) is 0 Å². The van der Waals surface area contributed by atoms with Gasteiger partial charge in [-0.15, -0.1) is 0 Å². The normalized spacial score (nSPS) is 16.8. The van der Waals surface area contributed by atoms with Crippen LogP contribution in [-0.2, 0) is 4.79 Å². The Hall–Kier alpha value is -2.58. The van der Waals surface area contributed by atoms with Crippen molar-refractivity contribution in [1.29, 1.82) is 0 Å². The molecule has 2 aromatic rings. The Morgan fingerprint density at radius 2 is 1.81 bits per heavy atom. The number of carbonyl (C=O) groups excluding carboxylic acids is 2. The fourth-order valence-electron chi connectivity index (χ4n) is 3.95. The van der Waals surface area contributed by atoms with Crippen LogP contribution in [0.4, 0.5) is 11.4 Å². The summed E-state index contributed by atoms with van der Waals surface area (Å²) in [5, 5.41) is 2.00. The number of thioether (sulfide) groups is 1. The van der Waals surface area contributed by atoms with Gasteiger partial charge < -0.3 is 15.1 Å². The molecular weight excluding hydrogens is 412 g/mol. The fourth-order valence-corrected chi connectivity index (χ4v) is 4.43. The third-order valence-corrected chi connectivity index (χ3v) is 6.11. The highest BCUT2D eigenvalue weighted by Crippen LogP contribution is 2.29. The zero-order chi connectivity index (χ0) is 22.7. The van der Waals surface area contributed by atoms with Crippen molar-refractivity contribution < 1.29 is 14.3 Å². The van der Waals surface area contributed by atoms with Gasteiger partial charge in [-0.05, 0) is 63.3 Å². The van der Waals surface area contributed by atoms with Crippen LogP contribution in [-0.4, -0.2) is 59.9 Å². The summed E-state index contributed by atoms with van der Waals surface area (Å²) in [5.41, 5.74) is 8.58. The molecule has 1 aliphatic heterocycles. The van der Waals surface area contributed by atoms with E-state index in [9.17, 15) is 9.59 Å². The second kappa shape index (κ2) is 9.70. The Kier molecular flexibility index (Phi) is 7.23. The minimum atomic E-state index is -0.364. The number of hydrogen-bond donors (Lipinski definition) is 1. The van der Waals surface area contributed by atoms with E-state index in [-0.39, 0.29) is 16.9 Å². The average molecular weight is 443 g/mol. The Morgan fingerprint density at radius 3 is 2.39 bits per heavy atom. The van der Waals surface area contributed by atoms with Gasteiger partial charge in [0, 0.05) is 30.9 Å². The van der Waals surface area contributed by atoms with E-state index < -0.39 is 0 Å². The third-order valence-electron chi connectivity index (χ3n) is 5.44. The third kappa shape index (κ3) is 5.19. The average Bonchev–Trinajstić information content (AvgIpc) is 2.73. The number of piperazine rings is 1. The molecule has 1 aromatic heterocycles. The molecule has 8 heteroatoms. The van der Waals surface area contributed by atoms with Crippen molar-refractivity contribution >= 4 is 34.0 Å². The van der Waals surface area contributed by atoms with Gasteiger partial charge in [-0.3, -0.25) is 9.59 Å². The first-order valence-corrected chi connectivity index (χ1v) is 11.5. The zero-order valence-electron chi connectivity index (χ0n) is 19.0. The van der Waals surface area contributed by atoms with Gasteiger partial charge in [0.15, 0.2) is 5.78 Å². The molecule has 1 unspecified atom stereocenters. The lowest BCUT2D eigenvalue weighted by Gasteiger charge is -2.41. The molecule has 166 valence electrons. The van der Waals surface area contributed by atoms with E-state index in [0.29, 0.717) is 35.9 Å². The van der Waals surface area contributed by atoms with Gasteiger partial charge in [-0.25, -0.2) is 9.99 Å². The standard InChI is InChI=1S/C23H30N4O3S/c1-14-9-15(2)11-18(10-14)26-7-8-27(21(13-26)23(29)31-6)25-20-12-19(17(4)28)16(3)24-22(20)30-5/h9-12,21,25H,7-8,13H2,1-6H3. The van der Waals surface area contributed by atoms with Crippen molar-refractivity contribution in [3.05, 3.63) is 46.6 Å². The number of hydrogen-bond acceptors (Lipinski definition) is 8. The molecule has 0 amide bonds. The summed E-state index contributed by atoms with van der Waals surface area (Å²) in [6.45, 7) is 9.42. The van der Waals surface area contributed by atoms with Crippen molar-refractivity contribution in [2.75, 3.05) is 43.3 Å². The Labute approximate surface area is 188 Å². The molecular formula is C23H30N4O3S. The highest BCUT2D eigenvalue weighted by molar-refractivity contribution is 8.13. The number of hydrazine groups is 1. The minimum absolute atomic E-state index is 0.0629. The quantitative estimate of drug-likeness (QED) is 0.680. The van der Waals surface area contributed by atoms with Gasteiger partial charge in [0.2, 0.25) is 11.0 Å². The molecule has 1 N–H and O–H groups in total. The van der Waals surface area contributed by atoms with Crippen LogP contribution in [0.25, 0.3) is 0 Å². The minimum Gasteiger partial charge on any atom is -0.479 e. The number of pyridine rings is 1. The van der Waals surface area contributed by atoms with Crippen molar-refractivity contribution in [1.82, 2.24) is 9.99 Å². The zero-order valence-corrected chi connectivity index (χ0v) is 19.8. The summed E-state index contributed by atoms with van der Waals surface area (Å²) in [4.78, 5) is 31.5. The van der Waals surface area contributed by atoms with Gasteiger partial charge in [0.05, 0.1) is 12.8 Å². The van der Waals surface area contributed by atoms with Crippen molar-refractivity contribution in [3.8, 4) is 5.88 Å². The summed E-state index contributed by atoms with van der Waals surface area (Å²) >= 11 is 1.22. The number of nitrogens with one attached hydrogen (secondary N) is 1. The van der Waals surface area contributed by atoms with Crippen molar-refractivity contribution in [3.63, 3.8) is 0 Å². The van der Waals surface area contributed by atoms with Gasteiger partial charge in [0.1, 0.15) is 11.7 Å². The van der Waals surface area contributed by atoms with E-state index in [1.807, 2.05) is 5.01 Å². The predicted octanol–water partition coefficient (Wildman–Crippen LogP) is 3.63. The largest absolute Gasteiger partial charge is 0.479 e. The number of aryl methyl sites for hydroxylation is 3. The highest BCUT2D eigenvalue weighted by Gasteiger charge is 2.33. The maximum absolute atomic E-state index is 12.8. The summed E-state index contributed by atoms with van der Waals surface area (Å²) in [5.74, 6) is 0.335. The molecule has 2 heterocycles. The summed E-state index contributed by atoms with van der Waals surface area (Å²) < 4.78 is 5.43. The maximum atomic E-state index is 12.8. The van der Waals surface area contributed by atoms with Crippen molar-refractivity contribution in [2.24, 2.45) is 0 Å². The van der Waals surface area contributed by atoms with Gasteiger partial charge in [-0.1, -0.05) is 17.8 Å². The Morgan fingerprint density at radius 1 is 1.13 bits per heavy atom. The highest BCUT2D eigenvalue weighted by atomic mass is 32.2. The van der Waals surface area contributed by atoms with Crippen LogP contribution in [0.15, 0.2) is 24.3 Å². The Balaban J connectivity index is 1.89. The van der Waals surface area contributed by atoms with E-state index in [4.69, 9.17) is 4.74 Å². The van der Waals surface area contributed by atoms with Crippen LogP contribution >= 0.6 is 11.8 Å². The lowest BCUT2D eigenvalue weighted by molar-refractivity contribution is -0.115. The van der Waals surface area contributed by atoms with Crippen LogP contribution in [0.3, 0.4) is 0 Å². The fraction of sp³-hybridized carbons (Fsp3) is 0.435. The van der Waals surface area contributed by atoms with Gasteiger partial charge >= 0.3 is 0 Å². The van der Waals surface area contributed by atoms with E-state index in [0.717, 1.165) is 12.2 Å². The number of carbonyl (C=O) groups is 2. The molecule has 0 saturated carbocycles. The molecule has 1 fully saturated rings. The number of nitrogens with zero attached hydrogens (tertiary/aromatic N) is 3. The van der Waals surface area contributed by atoms with E-state index in [1.165, 1.54) is 29.8 Å². The molecule has 31 heavy (non-hydrogen) atoms. The number of ketones is 1. The van der Waals surface area contributed by atoms with Crippen LogP contribution < -0.4 is 15.1 Å². The van der Waals surface area contributed by atoms with Gasteiger partial charge in [-0.2, -0.15) is 0 Å². The number of aromatic nitrogens is 1. The lowest BCUT2D eigenvalue weighted by atomic mass is 10.1. The number of anilines is 2. The summed E-state index contributed by atoms with van der Waals surface area (Å²) in [6.07, 6.45) is 1.80.